The highest BCUT2D eigenvalue weighted by molar-refractivity contribution is 5.16. The minimum atomic E-state index is 0.174. The first-order chi connectivity index (χ1) is 5.86. The highest BCUT2D eigenvalue weighted by Crippen LogP contribution is 2.15. The van der Waals surface area contributed by atoms with Crippen LogP contribution in [-0.4, -0.2) is 18.8 Å². The predicted octanol–water partition coefficient (Wildman–Crippen LogP) is 0.955. The highest BCUT2D eigenvalue weighted by Gasteiger charge is 2.29. The zero-order valence-electron chi connectivity index (χ0n) is 6.94. The van der Waals surface area contributed by atoms with Crippen molar-refractivity contribution in [1.82, 2.24) is 0 Å². The molecule has 12 heavy (non-hydrogen) atoms. The van der Waals surface area contributed by atoms with Crippen molar-refractivity contribution in [3.05, 3.63) is 35.9 Å². The van der Waals surface area contributed by atoms with Gasteiger partial charge in [-0.1, -0.05) is 30.3 Å². The van der Waals surface area contributed by atoms with Crippen molar-refractivity contribution in [1.29, 1.82) is 0 Å². The van der Waals surface area contributed by atoms with E-state index in [1.807, 2.05) is 18.2 Å². The predicted molar refractivity (Wildman–Crippen MR) is 47.9 cm³/mol. The first kappa shape index (κ1) is 7.77. The third kappa shape index (κ3) is 1.84. The summed E-state index contributed by atoms with van der Waals surface area (Å²) < 4.78 is 5.12. The average molecular weight is 163 g/mol. The first-order valence-corrected chi connectivity index (χ1v) is 4.27. The highest BCUT2D eigenvalue weighted by atomic mass is 16.6. The van der Waals surface area contributed by atoms with Gasteiger partial charge in [-0.25, -0.2) is 0 Å². The van der Waals surface area contributed by atoms with Crippen LogP contribution in [-0.2, 0) is 11.2 Å². The molecule has 1 aromatic rings. The molecule has 64 valence electrons. The Balaban J connectivity index is 1.94. The summed E-state index contributed by atoms with van der Waals surface area (Å²) in [4.78, 5) is 0. The number of ether oxygens (including phenoxy) is 1. The molecule has 0 aromatic heterocycles. The molecule has 1 fully saturated rings. The van der Waals surface area contributed by atoms with Crippen LogP contribution in [0, 0.1) is 0 Å². The standard InChI is InChI=1S/C10H13NO/c11-9(10-7-12-10)6-8-4-2-1-3-5-8/h1-5,9-10H,6-7,11H2/t9-,10+/m1/s1. The summed E-state index contributed by atoms with van der Waals surface area (Å²) >= 11 is 0. The van der Waals surface area contributed by atoms with Gasteiger partial charge in [-0.05, 0) is 12.0 Å². The van der Waals surface area contributed by atoms with Crippen molar-refractivity contribution in [2.24, 2.45) is 5.73 Å². The summed E-state index contributed by atoms with van der Waals surface area (Å²) in [5.41, 5.74) is 7.18. The van der Waals surface area contributed by atoms with E-state index in [0.717, 1.165) is 13.0 Å². The number of nitrogens with two attached hydrogens (primary N) is 1. The molecule has 0 radical (unpaired) electrons. The third-order valence-corrected chi connectivity index (χ3v) is 2.15. The van der Waals surface area contributed by atoms with Crippen molar-refractivity contribution >= 4 is 0 Å². The van der Waals surface area contributed by atoms with Gasteiger partial charge in [0.1, 0.15) is 0 Å². The second-order valence-electron chi connectivity index (χ2n) is 3.23. The van der Waals surface area contributed by atoms with Gasteiger partial charge in [0, 0.05) is 6.04 Å². The Morgan fingerprint density at radius 2 is 2.08 bits per heavy atom. The van der Waals surface area contributed by atoms with Crippen LogP contribution in [0.5, 0.6) is 0 Å². The lowest BCUT2D eigenvalue weighted by Gasteiger charge is -2.07. The second-order valence-corrected chi connectivity index (χ2v) is 3.23. The van der Waals surface area contributed by atoms with Gasteiger partial charge in [0.15, 0.2) is 0 Å². The maximum absolute atomic E-state index is 5.89. The topological polar surface area (TPSA) is 38.5 Å². The Labute approximate surface area is 72.3 Å². The molecular weight excluding hydrogens is 150 g/mol. The molecule has 2 atom stereocenters. The molecule has 1 saturated heterocycles. The zero-order valence-corrected chi connectivity index (χ0v) is 6.94. The number of benzene rings is 1. The van der Waals surface area contributed by atoms with Gasteiger partial charge < -0.3 is 10.5 Å². The van der Waals surface area contributed by atoms with Crippen LogP contribution < -0.4 is 5.73 Å². The van der Waals surface area contributed by atoms with Crippen LogP contribution >= 0.6 is 0 Å². The van der Waals surface area contributed by atoms with E-state index >= 15 is 0 Å². The summed E-state index contributed by atoms with van der Waals surface area (Å²) in [6.45, 7) is 0.841. The molecular formula is C10H13NO. The fraction of sp³-hybridized carbons (Fsp3) is 0.400. The van der Waals surface area contributed by atoms with E-state index in [-0.39, 0.29) is 6.04 Å². The van der Waals surface area contributed by atoms with Crippen LogP contribution in [0.2, 0.25) is 0 Å². The van der Waals surface area contributed by atoms with Crippen LogP contribution in [0.3, 0.4) is 0 Å². The van der Waals surface area contributed by atoms with Crippen molar-refractivity contribution in [2.45, 2.75) is 18.6 Å². The van der Waals surface area contributed by atoms with Gasteiger partial charge in [0.2, 0.25) is 0 Å². The molecule has 1 aromatic carbocycles. The summed E-state index contributed by atoms with van der Waals surface area (Å²) in [5.74, 6) is 0. The molecule has 0 amide bonds. The Kier molecular flexibility index (Phi) is 2.11. The molecule has 0 spiro atoms. The summed E-state index contributed by atoms with van der Waals surface area (Å²) in [7, 11) is 0. The fourth-order valence-electron chi connectivity index (χ4n) is 1.32. The molecule has 0 bridgehead atoms. The number of hydrogen-bond donors (Lipinski definition) is 1. The molecule has 1 aliphatic heterocycles. The Hall–Kier alpha value is -0.860. The molecule has 0 aliphatic carbocycles. The monoisotopic (exact) mass is 163 g/mol. The maximum atomic E-state index is 5.89. The zero-order chi connectivity index (χ0) is 8.39. The summed E-state index contributed by atoms with van der Waals surface area (Å²) in [6.07, 6.45) is 1.23. The van der Waals surface area contributed by atoms with E-state index in [1.54, 1.807) is 0 Å². The Bertz CT molecular complexity index is 243. The third-order valence-electron chi connectivity index (χ3n) is 2.15. The van der Waals surface area contributed by atoms with Gasteiger partial charge in [-0.2, -0.15) is 0 Å². The molecule has 2 heteroatoms. The van der Waals surface area contributed by atoms with Crippen LogP contribution in [0.1, 0.15) is 5.56 Å². The van der Waals surface area contributed by atoms with E-state index < -0.39 is 0 Å². The van der Waals surface area contributed by atoms with E-state index in [9.17, 15) is 0 Å². The lowest BCUT2D eigenvalue weighted by atomic mass is 10.0. The lowest BCUT2D eigenvalue weighted by molar-refractivity contribution is 0.371. The SMILES string of the molecule is N[C@H](Cc1ccccc1)[C@@H]1CO1. The van der Waals surface area contributed by atoms with Gasteiger partial charge in [0.25, 0.3) is 0 Å². The molecule has 1 aliphatic rings. The van der Waals surface area contributed by atoms with Crippen molar-refractivity contribution in [2.75, 3.05) is 6.61 Å². The molecule has 2 N–H and O–H groups in total. The van der Waals surface area contributed by atoms with Gasteiger partial charge in [-0.3, -0.25) is 0 Å². The van der Waals surface area contributed by atoms with Crippen molar-refractivity contribution in [3.8, 4) is 0 Å². The van der Waals surface area contributed by atoms with E-state index in [0.29, 0.717) is 6.10 Å². The molecule has 2 nitrogen and oxygen atoms in total. The van der Waals surface area contributed by atoms with Gasteiger partial charge in [0.05, 0.1) is 12.7 Å². The number of hydrogen-bond acceptors (Lipinski definition) is 2. The van der Waals surface area contributed by atoms with Crippen LogP contribution in [0.15, 0.2) is 30.3 Å². The Morgan fingerprint density at radius 3 is 2.67 bits per heavy atom. The second kappa shape index (κ2) is 3.25. The largest absolute Gasteiger partial charge is 0.371 e. The van der Waals surface area contributed by atoms with Crippen molar-refractivity contribution < 1.29 is 4.74 Å². The molecule has 0 unspecified atom stereocenters. The van der Waals surface area contributed by atoms with E-state index in [2.05, 4.69) is 12.1 Å². The molecule has 2 rings (SSSR count). The first-order valence-electron chi connectivity index (χ1n) is 4.27. The van der Waals surface area contributed by atoms with Gasteiger partial charge in [-0.15, -0.1) is 0 Å². The Morgan fingerprint density at radius 1 is 1.42 bits per heavy atom. The smallest absolute Gasteiger partial charge is 0.0963 e. The normalized spacial score (nSPS) is 23.6. The minimum absolute atomic E-state index is 0.174. The van der Waals surface area contributed by atoms with Crippen LogP contribution in [0.4, 0.5) is 0 Å². The number of epoxide rings is 1. The van der Waals surface area contributed by atoms with Crippen molar-refractivity contribution in [3.63, 3.8) is 0 Å². The fourth-order valence-corrected chi connectivity index (χ4v) is 1.32. The maximum Gasteiger partial charge on any atom is 0.0963 e. The van der Waals surface area contributed by atoms with Gasteiger partial charge >= 0.3 is 0 Å². The quantitative estimate of drug-likeness (QED) is 0.674. The lowest BCUT2D eigenvalue weighted by Crippen LogP contribution is -2.28. The molecule has 0 saturated carbocycles. The molecule has 1 heterocycles. The summed E-state index contributed by atoms with van der Waals surface area (Å²) in [6, 6.07) is 10.5. The average Bonchev–Trinajstić information content (AvgIpc) is 2.88. The minimum Gasteiger partial charge on any atom is -0.371 e. The van der Waals surface area contributed by atoms with E-state index in [1.165, 1.54) is 5.56 Å². The number of rotatable bonds is 3. The van der Waals surface area contributed by atoms with Crippen LogP contribution in [0.25, 0.3) is 0 Å². The summed E-state index contributed by atoms with van der Waals surface area (Å²) in [5, 5.41) is 0. The van der Waals surface area contributed by atoms with E-state index in [4.69, 9.17) is 10.5 Å².